The van der Waals surface area contributed by atoms with Crippen molar-refractivity contribution in [2.24, 2.45) is 0 Å². The van der Waals surface area contributed by atoms with Crippen molar-refractivity contribution in [3.8, 4) is 0 Å². The predicted octanol–water partition coefficient (Wildman–Crippen LogP) is 4.01. The molecule has 1 rings (SSSR count). The Kier molecular flexibility index (Phi) is 12.6. The Hall–Kier alpha value is -1.60. The average molecular weight is 415 g/mol. The Labute approximate surface area is 173 Å². The van der Waals surface area contributed by atoms with E-state index in [2.05, 4.69) is 11.7 Å². The van der Waals surface area contributed by atoms with Crippen molar-refractivity contribution in [2.75, 3.05) is 0 Å². The van der Waals surface area contributed by atoms with Gasteiger partial charge in [-0.2, -0.15) is 0 Å². The molecule has 0 amide bonds. The highest BCUT2D eigenvalue weighted by molar-refractivity contribution is 5.89. The van der Waals surface area contributed by atoms with E-state index in [1.165, 1.54) is 57.8 Å². The predicted molar refractivity (Wildman–Crippen MR) is 109 cm³/mol. The number of hydrogen-bond donors (Lipinski definition) is 4. The lowest BCUT2D eigenvalue weighted by atomic mass is 9.98. The quantitative estimate of drug-likeness (QED) is 0.209. The highest BCUT2D eigenvalue weighted by atomic mass is 16.6. The van der Waals surface area contributed by atoms with E-state index in [-0.39, 0.29) is 6.42 Å². The first-order chi connectivity index (χ1) is 13.9. The first-order valence-corrected chi connectivity index (χ1v) is 11.1. The van der Waals surface area contributed by atoms with Crippen LogP contribution in [0.4, 0.5) is 0 Å². The third-order valence-electron chi connectivity index (χ3n) is 5.43. The molecule has 0 fully saturated rings. The fourth-order valence-electron chi connectivity index (χ4n) is 3.52. The van der Waals surface area contributed by atoms with E-state index in [1.807, 2.05) is 0 Å². The summed E-state index contributed by atoms with van der Waals surface area (Å²) in [6, 6.07) is 0. The summed E-state index contributed by atoms with van der Waals surface area (Å²) < 4.78 is 4.57. The summed E-state index contributed by atoms with van der Waals surface area (Å²) in [5.74, 6) is -3.64. The zero-order valence-corrected chi connectivity index (χ0v) is 17.6. The summed E-state index contributed by atoms with van der Waals surface area (Å²) >= 11 is 0. The third kappa shape index (κ3) is 9.17. The van der Waals surface area contributed by atoms with Crippen molar-refractivity contribution in [1.82, 2.24) is 0 Å². The van der Waals surface area contributed by atoms with Crippen LogP contribution in [0, 0.1) is 0 Å². The van der Waals surface area contributed by atoms with Crippen LogP contribution >= 0.6 is 0 Å². The molecule has 0 aromatic rings. The standard InChI is InChI=1S/C22H38O7/c1-2-3-4-5-6-7-8-9-10-11-12-13-14-15-16(23)17(24)18(25)21-19(26)20(27)22(28)29-21/h17-18,21,24-27H,2-15H2,1H3/t17?,18-,21+/m1/s1. The lowest BCUT2D eigenvalue weighted by Gasteiger charge is -2.21. The number of aliphatic hydroxyl groups excluding tert-OH is 4. The highest BCUT2D eigenvalue weighted by Crippen LogP contribution is 2.23. The van der Waals surface area contributed by atoms with Crippen LogP contribution in [0.2, 0.25) is 0 Å². The number of aliphatic hydroxyl groups is 4. The smallest absolute Gasteiger partial charge is 0.377 e. The molecule has 1 aliphatic rings. The van der Waals surface area contributed by atoms with Gasteiger partial charge in [-0.1, -0.05) is 84.0 Å². The minimum Gasteiger partial charge on any atom is -0.505 e. The molecule has 29 heavy (non-hydrogen) atoms. The Morgan fingerprint density at radius 1 is 0.862 bits per heavy atom. The third-order valence-corrected chi connectivity index (χ3v) is 5.43. The molecule has 0 saturated carbocycles. The zero-order valence-electron chi connectivity index (χ0n) is 17.6. The highest BCUT2D eigenvalue weighted by Gasteiger charge is 2.43. The van der Waals surface area contributed by atoms with E-state index < -0.39 is 41.6 Å². The van der Waals surface area contributed by atoms with Gasteiger partial charge in [0.2, 0.25) is 5.76 Å². The van der Waals surface area contributed by atoms with E-state index in [1.54, 1.807) is 0 Å². The number of carbonyl (C=O) groups is 2. The minimum atomic E-state index is -1.81. The van der Waals surface area contributed by atoms with Crippen LogP contribution in [-0.2, 0) is 14.3 Å². The van der Waals surface area contributed by atoms with Crippen molar-refractivity contribution < 1.29 is 34.8 Å². The van der Waals surface area contributed by atoms with Crippen molar-refractivity contribution >= 4 is 11.8 Å². The van der Waals surface area contributed by atoms with Gasteiger partial charge in [0.15, 0.2) is 17.6 Å². The fraction of sp³-hybridized carbons (Fsp3) is 0.818. The van der Waals surface area contributed by atoms with E-state index in [0.29, 0.717) is 6.42 Å². The second-order valence-corrected chi connectivity index (χ2v) is 7.95. The molecule has 7 heteroatoms. The van der Waals surface area contributed by atoms with Gasteiger partial charge in [-0.15, -0.1) is 0 Å². The Bertz CT molecular complexity index is 529. The van der Waals surface area contributed by atoms with Crippen LogP contribution in [0.3, 0.4) is 0 Å². The van der Waals surface area contributed by atoms with Gasteiger partial charge in [0.1, 0.15) is 12.2 Å². The van der Waals surface area contributed by atoms with Crippen LogP contribution in [0.1, 0.15) is 96.8 Å². The number of Topliss-reactive ketones (excluding diaryl/α,β-unsaturated/α-hetero) is 1. The Morgan fingerprint density at radius 2 is 1.31 bits per heavy atom. The summed E-state index contributed by atoms with van der Waals surface area (Å²) in [7, 11) is 0. The number of carbonyl (C=O) groups excluding carboxylic acids is 2. The van der Waals surface area contributed by atoms with Gasteiger partial charge in [-0.05, 0) is 6.42 Å². The largest absolute Gasteiger partial charge is 0.505 e. The SMILES string of the molecule is CCCCCCCCCCCCCCCC(=O)C(O)[C@@H](O)[C@@H]1OC(=O)C(O)=C1O. The van der Waals surface area contributed by atoms with E-state index >= 15 is 0 Å². The first kappa shape index (κ1) is 25.4. The van der Waals surface area contributed by atoms with Crippen LogP contribution in [0.5, 0.6) is 0 Å². The van der Waals surface area contributed by atoms with Crippen molar-refractivity contribution in [2.45, 2.75) is 115 Å². The van der Waals surface area contributed by atoms with Crippen molar-refractivity contribution in [1.29, 1.82) is 0 Å². The molecule has 168 valence electrons. The van der Waals surface area contributed by atoms with Crippen LogP contribution in [0.15, 0.2) is 11.5 Å². The summed E-state index contributed by atoms with van der Waals surface area (Å²) in [5, 5.41) is 38.6. The lowest BCUT2D eigenvalue weighted by molar-refractivity contribution is -0.154. The summed E-state index contributed by atoms with van der Waals surface area (Å²) in [6.45, 7) is 2.23. The zero-order chi connectivity index (χ0) is 21.6. The molecule has 3 atom stereocenters. The molecular formula is C22H38O7. The minimum absolute atomic E-state index is 0.104. The molecule has 7 nitrogen and oxygen atoms in total. The Balaban J connectivity index is 2.04. The molecule has 0 saturated heterocycles. The van der Waals surface area contributed by atoms with Gasteiger partial charge < -0.3 is 25.2 Å². The monoisotopic (exact) mass is 414 g/mol. The summed E-state index contributed by atoms with van der Waals surface area (Å²) in [5.41, 5.74) is 0. The number of esters is 1. The number of hydrogen-bond acceptors (Lipinski definition) is 7. The van der Waals surface area contributed by atoms with Gasteiger partial charge in [0.25, 0.3) is 0 Å². The molecule has 0 aromatic carbocycles. The number of cyclic esters (lactones) is 1. The van der Waals surface area contributed by atoms with Gasteiger partial charge in [0, 0.05) is 6.42 Å². The second kappa shape index (κ2) is 14.4. The van der Waals surface area contributed by atoms with E-state index in [0.717, 1.165) is 19.3 Å². The normalized spacial score (nSPS) is 18.7. The molecule has 0 spiro atoms. The molecule has 4 N–H and O–H groups in total. The molecule has 0 radical (unpaired) electrons. The lowest BCUT2D eigenvalue weighted by Crippen LogP contribution is -2.43. The van der Waals surface area contributed by atoms with Crippen molar-refractivity contribution in [3.05, 3.63) is 11.5 Å². The summed E-state index contributed by atoms with van der Waals surface area (Å²) in [6.07, 6.45) is 10.3. The number of rotatable bonds is 17. The average Bonchev–Trinajstić information content (AvgIpc) is 2.97. The van der Waals surface area contributed by atoms with Gasteiger partial charge in [0.05, 0.1) is 0 Å². The topological polar surface area (TPSA) is 124 Å². The number of ether oxygens (including phenoxy) is 1. The first-order valence-electron chi connectivity index (χ1n) is 11.1. The Morgan fingerprint density at radius 3 is 1.72 bits per heavy atom. The van der Waals surface area contributed by atoms with Gasteiger partial charge in [-0.3, -0.25) is 4.79 Å². The maximum Gasteiger partial charge on any atom is 0.377 e. The molecule has 0 aliphatic carbocycles. The maximum absolute atomic E-state index is 12.0. The van der Waals surface area contributed by atoms with Crippen molar-refractivity contribution in [3.63, 3.8) is 0 Å². The van der Waals surface area contributed by atoms with E-state index in [4.69, 9.17) is 0 Å². The molecule has 1 aliphatic heterocycles. The summed E-state index contributed by atoms with van der Waals surface area (Å²) in [4.78, 5) is 23.1. The van der Waals surface area contributed by atoms with Gasteiger partial charge in [-0.25, -0.2) is 4.79 Å². The molecule has 1 unspecified atom stereocenters. The van der Waals surface area contributed by atoms with E-state index in [9.17, 15) is 30.0 Å². The van der Waals surface area contributed by atoms with Crippen LogP contribution in [-0.4, -0.2) is 50.5 Å². The maximum atomic E-state index is 12.0. The molecule has 0 aromatic heterocycles. The number of unbranched alkanes of at least 4 members (excludes halogenated alkanes) is 12. The van der Waals surface area contributed by atoms with Crippen LogP contribution < -0.4 is 0 Å². The molecular weight excluding hydrogens is 376 g/mol. The van der Waals surface area contributed by atoms with Gasteiger partial charge >= 0.3 is 5.97 Å². The molecule has 1 heterocycles. The fourth-order valence-corrected chi connectivity index (χ4v) is 3.52. The van der Waals surface area contributed by atoms with Crippen LogP contribution in [0.25, 0.3) is 0 Å². The molecule has 0 bridgehead atoms. The number of ketones is 1. The second-order valence-electron chi connectivity index (χ2n) is 7.95.